The maximum absolute atomic E-state index is 12.8. The highest BCUT2D eigenvalue weighted by atomic mass is 31.2. The van der Waals surface area contributed by atoms with Crippen LogP contribution < -0.4 is 10.2 Å². The first-order chi connectivity index (χ1) is 34.5. The van der Waals surface area contributed by atoms with Gasteiger partial charge in [-0.15, -0.1) is 0 Å². The van der Waals surface area contributed by atoms with E-state index in [0.717, 1.165) is 128 Å². The van der Waals surface area contributed by atoms with E-state index in [4.69, 9.17) is 9.05 Å². The number of carbonyl (C=O) groups excluding carboxylic acids is 1. The van der Waals surface area contributed by atoms with Crippen LogP contribution in [0.3, 0.4) is 0 Å². The summed E-state index contributed by atoms with van der Waals surface area (Å²) in [5.74, 6) is -0.233. The molecule has 0 spiro atoms. The summed E-state index contributed by atoms with van der Waals surface area (Å²) in [6.07, 6.45) is 80.6. The molecule has 71 heavy (non-hydrogen) atoms. The molecule has 400 valence electrons. The molecule has 0 saturated carbocycles. The summed E-state index contributed by atoms with van der Waals surface area (Å²) < 4.78 is 23.1. The predicted molar refractivity (Wildman–Crippen MR) is 306 cm³/mol. The van der Waals surface area contributed by atoms with E-state index in [1.54, 1.807) is 6.08 Å². The van der Waals surface area contributed by atoms with Crippen molar-refractivity contribution in [2.45, 2.75) is 187 Å². The van der Waals surface area contributed by atoms with Crippen LogP contribution in [0.5, 0.6) is 0 Å². The smallest absolute Gasteiger partial charge is 0.268 e. The zero-order chi connectivity index (χ0) is 52.0. The fraction of sp³-hybridized carbons (Fsp3) is 0.565. The lowest BCUT2D eigenvalue weighted by molar-refractivity contribution is -0.870. The fourth-order valence-corrected chi connectivity index (χ4v) is 7.44. The highest BCUT2D eigenvalue weighted by Gasteiger charge is 2.23. The zero-order valence-corrected chi connectivity index (χ0v) is 46.2. The van der Waals surface area contributed by atoms with E-state index in [2.05, 4.69) is 165 Å². The number of nitrogens with one attached hydrogen (secondary N) is 1. The van der Waals surface area contributed by atoms with Gasteiger partial charge in [0.25, 0.3) is 7.82 Å². The van der Waals surface area contributed by atoms with Gasteiger partial charge in [0.1, 0.15) is 13.2 Å². The standard InChI is InChI=1S/C62H101N2O6P/c1-6-8-10-12-14-16-17-18-19-20-21-22-23-24-25-26-27-28-29-30-31-32-33-34-35-36-37-38-39-40-41-42-43-44-45-46-47-48-50-52-54-56-62(66)63-60(59-70-71(67,68)69-58-57-64(3,4)5)61(65)55-53-51-49-15-13-11-9-7-2/h8,10,14,16,18-19,21-22,24-25,27-28,30-31,33-34,36-37,39-40,42-43,45-46,53,55,60-61,65H,6-7,9,11-13,15,17,20,23,26,29,32,35,38,41,44,47-52,54,56-59H2,1-5H3,(H-,63,66,67,68)/b10-8-,16-14-,19-18-,22-21-,25-24-,28-27-,31-30-,34-33-,37-36-,40-39-,43-42-,46-45-,55-53+. The van der Waals surface area contributed by atoms with Crippen molar-refractivity contribution < 1.29 is 32.9 Å². The van der Waals surface area contributed by atoms with Crippen molar-refractivity contribution in [3.8, 4) is 0 Å². The molecule has 0 fully saturated rings. The first kappa shape index (κ1) is 67.1. The largest absolute Gasteiger partial charge is 0.756 e. The quantitative estimate of drug-likeness (QED) is 0.0272. The molecule has 0 heterocycles. The number of likely N-dealkylation sites (N-methyl/N-ethyl adjacent to an activating group) is 1. The number of phosphoric ester groups is 1. The third-order valence-electron chi connectivity index (χ3n) is 11.0. The summed E-state index contributed by atoms with van der Waals surface area (Å²) in [4.78, 5) is 25.3. The molecule has 0 rings (SSSR count). The number of nitrogens with zero attached hydrogens (tertiary/aromatic N) is 1. The van der Waals surface area contributed by atoms with Crippen LogP contribution in [0, 0.1) is 0 Å². The van der Waals surface area contributed by atoms with Crippen LogP contribution in [-0.4, -0.2) is 68.5 Å². The van der Waals surface area contributed by atoms with E-state index in [9.17, 15) is 19.4 Å². The minimum absolute atomic E-state index is 0.0153. The van der Waals surface area contributed by atoms with E-state index >= 15 is 0 Å². The van der Waals surface area contributed by atoms with Gasteiger partial charge in [-0.2, -0.15) is 0 Å². The lowest BCUT2D eigenvalue weighted by Crippen LogP contribution is -2.45. The first-order valence-electron chi connectivity index (χ1n) is 27.3. The second-order valence-electron chi connectivity index (χ2n) is 18.9. The van der Waals surface area contributed by atoms with E-state index < -0.39 is 26.6 Å². The van der Waals surface area contributed by atoms with Gasteiger partial charge in [-0.25, -0.2) is 0 Å². The molecule has 2 N–H and O–H groups in total. The minimum Gasteiger partial charge on any atom is -0.756 e. The third kappa shape index (κ3) is 53.7. The van der Waals surface area contributed by atoms with Crippen molar-refractivity contribution in [1.29, 1.82) is 0 Å². The van der Waals surface area contributed by atoms with E-state index in [1.165, 1.54) is 25.7 Å². The molecule has 3 atom stereocenters. The molecule has 0 saturated heterocycles. The number of allylic oxidation sites excluding steroid dienone is 25. The fourth-order valence-electron chi connectivity index (χ4n) is 6.72. The maximum atomic E-state index is 12.8. The normalized spacial score (nSPS) is 15.2. The Morgan fingerprint density at radius 2 is 0.859 bits per heavy atom. The summed E-state index contributed by atoms with van der Waals surface area (Å²) in [6, 6.07) is -0.909. The van der Waals surface area contributed by atoms with Crippen molar-refractivity contribution in [3.05, 3.63) is 158 Å². The summed E-state index contributed by atoms with van der Waals surface area (Å²) >= 11 is 0. The van der Waals surface area contributed by atoms with Gasteiger partial charge in [0.2, 0.25) is 5.91 Å². The Balaban J connectivity index is 4.12. The zero-order valence-electron chi connectivity index (χ0n) is 45.3. The number of hydrogen-bond acceptors (Lipinski definition) is 6. The van der Waals surface area contributed by atoms with Crippen molar-refractivity contribution in [1.82, 2.24) is 5.32 Å². The number of hydrogen-bond donors (Lipinski definition) is 2. The monoisotopic (exact) mass is 1000 g/mol. The highest BCUT2D eigenvalue weighted by molar-refractivity contribution is 7.45. The molecule has 0 aliphatic heterocycles. The van der Waals surface area contributed by atoms with Crippen molar-refractivity contribution in [2.75, 3.05) is 40.9 Å². The Kier molecular flexibility index (Phi) is 48.2. The van der Waals surface area contributed by atoms with Crippen LogP contribution in [0.15, 0.2) is 158 Å². The Bertz CT molecular complexity index is 1700. The Labute approximate surface area is 435 Å². The van der Waals surface area contributed by atoms with Gasteiger partial charge in [-0.1, -0.05) is 217 Å². The Morgan fingerprint density at radius 3 is 1.25 bits per heavy atom. The molecule has 3 unspecified atom stereocenters. The lowest BCUT2D eigenvalue weighted by Gasteiger charge is -2.29. The van der Waals surface area contributed by atoms with Gasteiger partial charge < -0.3 is 28.8 Å². The second-order valence-corrected chi connectivity index (χ2v) is 20.3. The van der Waals surface area contributed by atoms with Crippen LogP contribution in [0.2, 0.25) is 0 Å². The predicted octanol–water partition coefficient (Wildman–Crippen LogP) is 16.1. The number of phosphoric acid groups is 1. The van der Waals surface area contributed by atoms with Gasteiger partial charge in [0.15, 0.2) is 0 Å². The molecule has 1 amide bonds. The lowest BCUT2D eigenvalue weighted by atomic mass is 10.1. The second kappa shape index (κ2) is 51.0. The molecule has 9 heteroatoms. The van der Waals surface area contributed by atoms with Gasteiger partial charge in [-0.3, -0.25) is 9.36 Å². The van der Waals surface area contributed by atoms with Crippen molar-refractivity contribution in [3.63, 3.8) is 0 Å². The van der Waals surface area contributed by atoms with Gasteiger partial charge in [0.05, 0.1) is 39.9 Å². The Morgan fingerprint density at radius 1 is 0.507 bits per heavy atom. The molecule has 0 aromatic heterocycles. The number of rotatable bonds is 47. The summed E-state index contributed by atoms with van der Waals surface area (Å²) in [7, 11) is 1.21. The Hall–Kier alpha value is -3.88. The summed E-state index contributed by atoms with van der Waals surface area (Å²) in [5.41, 5.74) is 0. The molecular weight excluding hydrogens is 900 g/mol. The van der Waals surface area contributed by atoms with E-state index in [1.807, 2.05) is 27.2 Å². The molecule has 8 nitrogen and oxygen atoms in total. The SMILES string of the molecule is CC/C=C\C/C=C\C/C=C\C/C=C\C/C=C\C/C=C\C/C=C\C/C=C\C/C=C\C/C=C\C/C=C\C/C=C\CCCCCCC(=O)NC(COP(=O)([O-])OCC[N+](C)(C)C)C(O)/C=C/CCCCCCCC. The van der Waals surface area contributed by atoms with Crippen molar-refractivity contribution in [2.24, 2.45) is 0 Å². The molecule has 0 aromatic rings. The van der Waals surface area contributed by atoms with Crippen LogP contribution >= 0.6 is 7.82 Å². The molecular formula is C62H101N2O6P. The highest BCUT2D eigenvalue weighted by Crippen LogP contribution is 2.38. The van der Waals surface area contributed by atoms with Crippen LogP contribution in [0.25, 0.3) is 0 Å². The summed E-state index contributed by atoms with van der Waals surface area (Å²) in [6.45, 7) is 4.43. The number of amides is 1. The number of unbranched alkanes of at least 4 members (excludes halogenated alkanes) is 10. The van der Waals surface area contributed by atoms with Gasteiger partial charge >= 0.3 is 0 Å². The number of aliphatic hydroxyl groups excluding tert-OH is 1. The summed E-state index contributed by atoms with van der Waals surface area (Å²) in [5, 5.41) is 13.7. The average Bonchev–Trinajstić information content (AvgIpc) is 3.33. The number of quaternary nitrogens is 1. The molecule has 0 radical (unpaired) electrons. The third-order valence-corrected chi connectivity index (χ3v) is 12.0. The topological polar surface area (TPSA) is 108 Å². The van der Waals surface area contributed by atoms with Crippen LogP contribution in [0.4, 0.5) is 0 Å². The molecule has 0 aliphatic carbocycles. The molecule has 0 aromatic carbocycles. The average molecular weight is 1000 g/mol. The molecule has 0 aliphatic rings. The van der Waals surface area contributed by atoms with E-state index in [0.29, 0.717) is 17.4 Å². The minimum atomic E-state index is -4.60. The van der Waals surface area contributed by atoms with Gasteiger partial charge in [0, 0.05) is 6.42 Å². The number of carbonyl (C=O) groups is 1. The van der Waals surface area contributed by atoms with Crippen molar-refractivity contribution >= 4 is 13.7 Å². The first-order valence-corrected chi connectivity index (χ1v) is 28.8. The number of aliphatic hydroxyl groups is 1. The maximum Gasteiger partial charge on any atom is 0.268 e. The van der Waals surface area contributed by atoms with Crippen LogP contribution in [0.1, 0.15) is 174 Å². The van der Waals surface area contributed by atoms with E-state index in [-0.39, 0.29) is 12.5 Å². The molecule has 0 bridgehead atoms. The van der Waals surface area contributed by atoms with Gasteiger partial charge in [-0.05, 0) is 109 Å². The van der Waals surface area contributed by atoms with Crippen LogP contribution in [-0.2, 0) is 18.4 Å².